The highest BCUT2D eigenvalue weighted by molar-refractivity contribution is 5.98. The minimum atomic E-state index is -0.808. The predicted molar refractivity (Wildman–Crippen MR) is 96.7 cm³/mol. The number of nitro groups is 1. The third-order valence-corrected chi connectivity index (χ3v) is 3.52. The number of nitrogens with zero attached hydrogens (tertiary/aromatic N) is 2. The number of nitriles is 1. The van der Waals surface area contributed by atoms with Gasteiger partial charge in [0.05, 0.1) is 24.7 Å². The monoisotopic (exact) mass is 382 g/mol. The van der Waals surface area contributed by atoms with Gasteiger partial charge in [-0.15, -0.1) is 0 Å². The quantitative estimate of drug-likeness (QED) is 0.186. The predicted octanol–water partition coefficient (Wildman–Crippen LogP) is 2.90. The number of ether oxygens (including phenoxy) is 3. The normalized spacial score (nSPS) is 10.5. The van der Waals surface area contributed by atoms with Gasteiger partial charge in [0.25, 0.3) is 5.69 Å². The van der Waals surface area contributed by atoms with Gasteiger partial charge in [0.1, 0.15) is 11.6 Å². The van der Waals surface area contributed by atoms with Crippen LogP contribution in [-0.4, -0.2) is 31.1 Å². The maximum absolute atomic E-state index is 12.3. The second kappa shape index (κ2) is 8.95. The lowest BCUT2D eigenvalue weighted by molar-refractivity contribution is -0.384. The van der Waals surface area contributed by atoms with E-state index in [1.807, 2.05) is 0 Å². The standard InChI is InChI=1S/C19H14N2O7/c1-26-17-9-12(8-14(11-20)18(22)27-2)6-7-16(17)28-19(23)13-4-3-5-15(10-13)21(24)25/h3-10H,1-2H3/b14-8+. The maximum atomic E-state index is 12.3. The van der Waals surface area contributed by atoms with Crippen LogP contribution in [0.15, 0.2) is 48.0 Å². The van der Waals surface area contributed by atoms with Crippen molar-refractivity contribution in [1.82, 2.24) is 0 Å². The smallest absolute Gasteiger partial charge is 0.348 e. The van der Waals surface area contributed by atoms with Crippen molar-refractivity contribution in [2.75, 3.05) is 14.2 Å². The highest BCUT2D eigenvalue weighted by atomic mass is 16.6. The van der Waals surface area contributed by atoms with Gasteiger partial charge in [-0.1, -0.05) is 12.1 Å². The van der Waals surface area contributed by atoms with E-state index in [0.717, 1.165) is 13.2 Å². The Morgan fingerprint density at radius 3 is 2.50 bits per heavy atom. The van der Waals surface area contributed by atoms with Crippen molar-refractivity contribution in [2.45, 2.75) is 0 Å². The topological polar surface area (TPSA) is 129 Å². The molecule has 0 radical (unpaired) electrons. The van der Waals surface area contributed by atoms with Gasteiger partial charge in [-0.2, -0.15) is 5.26 Å². The van der Waals surface area contributed by atoms with Crippen LogP contribution >= 0.6 is 0 Å². The van der Waals surface area contributed by atoms with Crippen LogP contribution in [-0.2, 0) is 9.53 Å². The Morgan fingerprint density at radius 2 is 1.89 bits per heavy atom. The van der Waals surface area contributed by atoms with E-state index in [-0.39, 0.29) is 28.3 Å². The number of hydrogen-bond donors (Lipinski definition) is 0. The summed E-state index contributed by atoms with van der Waals surface area (Å²) in [4.78, 5) is 34.0. The van der Waals surface area contributed by atoms with Crippen molar-refractivity contribution in [3.63, 3.8) is 0 Å². The highest BCUT2D eigenvalue weighted by Crippen LogP contribution is 2.30. The first kappa shape index (κ1) is 20.1. The molecule has 0 heterocycles. The summed E-state index contributed by atoms with van der Waals surface area (Å²) in [7, 11) is 2.50. The molecule has 0 bridgehead atoms. The number of esters is 2. The fourth-order valence-corrected chi connectivity index (χ4v) is 2.18. The van der Waals surface area contributed by atoms with Crippen molar-refractivity contribution in [3.8, 4) is 17.6 Å². The molecule has 28 heavy (non-hydrogen) atoms. The Labute approximate surface area is 159 Å². The largest absolute Gasteiger partial charge is 0.493 e. The van der Waals surface area contributed by atoms with Gasteiger partial charge < -0.3 is 14.2 Å². The van der Waals surface area contributed by atoms with E-state index < -0.39 is 16.9 Å². The lowest BCUT2D eigenvalue weighted by Crippen LogP contribution is -2.09. The molecule has 0 fully saturated rings. The van der Waals surface area contributed by atoms with Gasteiger partial charge in [-0.25, -0.2) is 9.59 Å². The Balaban J connectivity index is 2.30. The second-order valence-electron chi connectivity index (χ2n) is 5.27. The SMILES string of the molecule is COC(=O)/C(C#N)=C/c1ccc(OC(=O)c2cccc([N+](=O)[O-])c2)c(OC)c1. The van der Waals surface area contributed by atoms with Gasteiger partial charge >= 0.3 is 11.9 Å². The molecule has 0 N–H and O–H groups in total. The van der Waals surface area contributed by atoms with E-state index in [0.29, 0.717) is 5.56 Å². The van der Waals surface area contributed by atoms with Crippen molar-refractivity contribution in [2.24, 2.45) is 0 Å². The number of rotatable bonds is 6. The Morgan fingerprint density at radius 1 is 1.14 bits per heavy atom. The fourth-order valence-electron chi connectivity index (χ4n) is 2.18. The van der Waals surface area contributed by atoms with E-state index in [1.54, 1.807) is 6.07 Å². The minimum Gasteiger partial charge on any atom is -0.493 e. The third-order valence-electron chi connectivity index (χ3n) is 3.52. The molecule has 2 rings (SSSR count). The zero-order valence-electron chi connectivity index (χ0n) is 14.9. The fraction of sp³-hybridized carbons (Fsp3) is 0.105. The Kier molecular flexibility index (Phi) is 6.44. The summed E-state index contributed by atoms with van der Waals surface area (Å²) in [5, 5.41) is 19.8. The number of carbonyl (C=O) groups is 2. The van der Waals surface area contributed by atoms with Crippen molar-refractivity contribution in [1.29, 1.82) is 5.26 Å². The van der Waals surface area contributed by atoms with Gasteiger partial charge in [-0.3, -0.25) is 10.1 Å². The van der Waals surface area contributed by atoms with E-state index in [2.05, 4.69) is 4.74 Å². The molecule has 0 atom stereocenters. The molecule has 142 valence electrons. The van der Waals surface area contributed by atoms with Crippen LogP contribution in [0, 0.1) is 21.4 Å². The summed E-state index contributed by atoms with van der Waals surface area (Å²) in [5.41, 5.74) is -0.0220. The first-order valence-electron chi connectivity index (χ1n) is 7.74. The van der Waals surface area contributed by atoms with E-state index in [1.165, 1.54) is 49.6 Å². The van der Waals surface area contributed by atoms with Crippen LogP contribution in [0.3, 0.4) is 0 Å². The average molecular weight is 382 g/mol. The molecule has 0 aromatic heterocycles. The Bertz CT molecular complexity index is 1010. The minimum absolute atomic E-state index is 0.00214. The van der Waals surface area contributed by atoms with Crippen LogP contribution in [0.2, 0.25) is 0 Å². The van der Waals surface area contributed by atoms with Gasteiger partial charge in [-0.05, 0) is 29.8 Å². The highest BCUT2D eigenvalue weighted by Gasteiger charge is 2.16. The molecule has 0 spiro atoms. The van der Waals surface area contributed by atoms with Crippen molar-refractivity contribution < 1.29 is 28.7 Å². The number of non-ortho nitro benzene ring substituents is 1. The summed E-state index contributed by atoms with van der Waals surface area (Å²) < 4.78 is 14.9. The molecule has 0 aliphatic heterocycles. The average Bonchev–Trinajstić information content (AvgIpc) is 2.72. The van der Waals surface area contributed by atoms with Crippen molar-refractivity contribution in [3.05, 3.63) is 69.3 Å². The molecule has 0 saturated heterocycles. The molecule has 0 amide bonds. The van der Waals surface area contributed by atoms with Gasteiger partial charge in [0.15, 0.2) is 11.5 Å². The zero-order valence-corrected chi connectivity index (χ0v) is 14.9. The number of carbonyl (C=O) groups excluding carboxylic acids is 2. The summed E-state index contributed by atoms with van der Waals surface area (Å²) in [6.45, 7) is 0. The number of hydrogen-bond acceptors (Lipinski definition) is 8. The van der Waals surface area contributed by atoms with E-state index in [9.17, 15) is 19.7 Å². The van der Waals surface area contributed by atoms with Crippen LogP contribution in [0.4, 0.5) is 5.69 Å². The second-order valence-corrected chi connectivity index (χ2v) is 5.27. The summed E-state index contributed by atoms with van der Waals surface area (Å²) >= 11 is 0. The van der Waals surface area contributed by atoms with Crippen LogP contribution in [0.1, 0.15) is 15.9 Å². The zero-order chi connectivity index (χ0) is 20.7. The van der Waals surface area contributed by atoms with Crippen molar-refractivity contribution >= 4 is 23.7 Å². The van der Waals surface area contributed by atoms with E-state index >= 15 is 0 Å². The number of nitro benzene ring substituents is 1. The molecular weight excluding hydrogens is 368 g/mol. The van der Waals surface area contributed by atoms with Gasteiger partial charge in [0, 0.05) is 12.1 Å². The molecule has 0 unspecified atom stereocenters. The summed E-state index contributed by atoms with van der Waals surface area (Å²) in [5.74, 6) is -1.37. The Hall–Kier alpha value is -4.19. The number of methoxy groups -OCH3 is 2. The first-order valence-corrected chi connectivity index (χ1v) is 7.74. The number of benzene rings is 2. The van der Waals surface area contributed by atoms with Crippen LogP contribution in [0.5, 0.6) is 11.5 Å². The molecule has 0 aliphatic rings. The molecule has 9 nitrogen and oxygen atoms in total. The molecule has 2 aromatic carbocycles. The molecule has 9 heteroatoms. The molecule has 0 saturated carbocycles. The third kappa shape index (κ3) is 4.70. The van der Waals surface area contributed by atoms with Crippen LogP contribution < -0.4 is 9.47 Å². The van der Waals surface area contributed by atoms with Gasteiger partial charge in [0.2, 0.25) is 0 Å². The lowest BCUT2D eigenvalue weighted by Gasteiger charge is -2.10. The van der Waals surface area contributed by atoms with Crippen LogP contribution in [0.25, 0.3) is 6.08 Å². The lowest BCUT2D eigenvalue weighted by atomic mass is 10.1. The molecular formula is C19H14N2O7. The summed E-state index contributed by atoms with van der Waals surface area (Å²) in [6.07, 6.45) is 1.29. The summed E-state index contributed by atoms with van der Waals surface area (Å²) in [6, 6.07) is 11.2. The molecule has 2 aromatic rings. The maximum Gasteiger partial charge on any atom is 0.348 e. The molecule has 0 aliphatic carbocycles. The van der Waals surface area contributed by atoms with E-state index in [4.69, 9.17) is 14.7 Å². The first-order chi connectivity index (χ1) is 13.4.